The zero-order valence-corrected chi connectivity index (χ0v) is 9.12. The van der Waals surface area contributed by atoms with Crippen LogP contribution in [0, 0.1) is 0 Å². The fourth-order valence-corrected chi connectivity index (χ4v) is 1.94. The summed E-state index contributed by atoms with van der Waals surface area (Å²) in [6, 6.07) is 0. The molecule has 0 saturated carbocycles. The van der Waals surface area contributed by atoms with Crippen LogP contribution in [0.3, 0.4) is 0 Å². The van der Waals surface area contributed by atoms with Crippen molar-refractivity contribution in [1.82, 2.24) is 9.80 Å². The molecule has 1 heterocycles. The molecule has 13 heavy (non-hydrogen) atoms. The van der Waals surface area contributed by atoms with Gasteiger partial charge in [-0.25, -0.2) is 0 Å². The molecule has 1 aliphatic heterocycles. The van der Waals surface area contributed by atoms with Gasteiger partial charge in [0.15, 0.2) is 0 Å². The standard InChI is InChI=1S/C10H22N2O/c1-4-10(13-3)12-8-6-11(5-2)7-9-12/h10H,4-9H2,1-3H3. The second-order valence-corrected chi connectivity index (χ2v) is 3.57. The maximum atomic E-state index is 5.42. The molecule has 1 unspecified atom stereocenters. The highest BCUT2D eigenvalue weighted by molar-refractivity contribution is 4.72. The Hall–Kier alpha value is -0.120. The molecule has 0 N–H and O–H groups in total. The molecule has 1 fully saturated rings. The van der Waals surface area contributed by atoms with E-state index in [9.17, 15) is 0 Å². The summed E-state index contributed by atoms with van der Waals surface area (Å²) in [4.78, 5) is 4.92. The van der Waals surface area contributed by atoms with E-state index in [4.69, 9.17) is 4.74 Å². The molecule has 3 heteroatoms. The van der Waals surface area contributed by atoms with Crippen molar-refractivity contribution >= 4 is 0 Å². The van der Waals surface area contributed by atoms with Crippen LogP contribution in [0.2, 0.25) is 0 Å². The molecule has 1 rings (SSSR count). The Labute approximate surface area is 81.7 Å². The molecule has 0 amide bonds. The maximum absolute atomic E-state index is 5.42. The van der Waals surface area contributed by atoms with Crippen molar-refractivity contribution in [3.05, 3.63) is 0 Å². The Kier molecular flexibility index (Phi) is 4.70. The molecule has 0 radical (unpaired) electrons. The number of hydrogen-bond donors (Lipinski definition) is 0. The Bertz CT molecular complexity index is 129. The first kappa shape index (κ1) is 11.0. The third kappa shape index (κ3) is 2.93. The van der Waals surface area contributed by atoms with Crippen LogP contribution in [0.25, 0.3) is 0 Å². The topological polar surface area (TPSA) is 15.7 Å². The molecule has 0 bridgehead atoms. The average molecular weight is 186 g/mol. The number of nitrogens with zero attached hydrogens (tertiary/aromatic N) is 2. The summed E-state index contributed by atoms with van der Waals surface area (Å²) >= 11 is 0. The van der Waals surface area contributed by atoms with E-state index in [1.54, 1.807) is 7.11 Å². The number of ether oxygens (including phenoxy) is 1. The second kappa shape index (κ2) is 5.58. The van der Waals surface area contributed by atoms with E-state index in [1.807, 2.05) is 0 Å². The first-order valence-corrected chi connectivity index (χ1v) is 5.31. The van der Waals surface area contributed by atoms with Gasteiger partial charge in [0.05, 0.1) is 0 Å². The average Bonchev–Trinajstić information content (AvgIpc) is 2.21. The van der Waals surface area contributed by atoms with Crippen LogP contribution in [0.4, 0.5) is 0 Å². The lowest BCUT2D eigenvalue weighted by molar-refractivity contribution is -0.0544. The van der Waals surface area contributed by atoms with Gasteiger partial charge in [0.25, 0.3) is 0 Å². The smallest absolute Gasteiger partial charge is 0.110 e. The summed E-state index contributed by atoms with van der Waals surface area (Å²) in [6.07, 6.45) is 1.42. The van der Waals surface area contributed by atoms with Gasteiger partial charge in [0.1, 0.15) is 6.23 Å². The summed E-state index contributed by atoms with van der Waals surface area (Å²) in [7, 11) is 1.81. The van der Waals surface area contributed by atoms with Gasteiger partial charge >= 0.3 is 0 Å². The van der Waals surface area contributed by atoms with Crippen molar-refractivity contribution in [2.45, 2.75) is 26.5 Å². The van der Waals surface area contributed by atoms with Gasteiger partial charge in [-0.05, 0) is 13.0 Å². The largest absolute Gasteiger partial charge is 0.366 e. The van der Waals surface area contributed by atoms with Gasteiger partial charge in [0, 0.05) is 33.3 Å². The Morgan fingerprint density at radius 1 is 1.15 bits per heavy atom. The van der Waals surface area contributed by atoms with Crippen LogP contribution in [0.15, 0.2) is 0 Å². The van der Waals surface area contributed by atoms with E-state index < -0.39 is 0 Å². The molecule has 1 atom stereocenters. The normalized spacial score (nSPS) is 23.3. The van der Waals surface area contributed by atoms with E-state index >= 15 is 0 Å². The van der Waals surface area contributed by atoms with Crippen LogP contribution in [-0.4, -0.2) is 55.9 Å². The predicted molar refractivity (Wildman–Crippen MR) is 54.8 cm³/mol. The molecule has 0 aliphatic carbocycles. The second-order valence-electron chi connectivity index (χ2n) is 3.57. The van der Waals surface area contributed by atoms with Gasteiger partial charge < -0.3 is 9.64 Å². The molecule has 1 aliphatic rings. The van der Waals surface area contributed by atoms with E-state index in [0.29, 0.717) is 6.23 Å². The summed E-state index contributed by atoms with van der Waals surface area (Å²) in [5.74, 6) is 0. The first-order chi connectivity index (χ1) is 6.31. The summed E-state index contributed by atoms with van der Waals surface area (Å²) in [5.41, 5.74) is 0. The zero-order valence-electron chi connectivity index (χ0n) is 9.12. The Morgan fingerprint density at radius 3 is 2.15 bits per heavy atom. The highest BCUT2D eigenvalue weighted by Crippen LogP contribution is 2.09. The van der Waals surface area contributed by atoms with Crippen molar-refractivity contribution in [2.75, 3.05) is 39.8 Å². The summed E-state index contributed by atoms with van der Waals surface area (Å²) < 4.78 is 5.42. The van der Waals surface area contributed by atoms with Crippen LogP contribution in [-0.2, 0) is 4.74 Å². The van der Waals surface area contributed by atoms with Crippen molar-refractivity contribution < 1.29 is 4.74 Å². The maximum Gasteiger partial charge on any atom is 0.110 e. The lowest BCUT2D eigenvalue weighted by Gasteiger charge is -2.37. The first-order valence-electron chi connectivity index (χ1n) is 5.31. The molecule has 0 spiro atoms. The van der Waals surface area contributed by atoms with Gasteiger partial charge in [-0.15, -0.1) is 0 Å². The molecule has 1 saturated heterocycles. The zero-order chi connectivity index (χ0) is 9.68. The number of rotatable bonds is 4. The monoisotopic (exact) mass is 186 g/mol. The Balaban J connectivity index is 2.30. The molecule has 3 nitrogen and oxygen atoms in total. The third-order valence-electron chi connectivity index (χ3n) is 2.88. The molecule has 0 aromatic heterocycles. The quantitative estimate of drug-likeness (QED) is 0.651. The van der Waals surface area contributed by atoms with E-state index in [2.05, 4.69) is 23.6 Å². The molecular formula is C10H22N2O. The van der Waals surface area contributed by atoms with E-state index in [0.717, 1.165) is 19.5 Å². The highest BCUT2D eigenvalue weighted by atomic mass is 16.5. The van der Waals surface area contributed by atoms with Crippen LogP contribution in [0.1, 0.15) is 20.3 Å². The van der Waals surface area contributed by atoms with Crippen LogP contribution in [0.5, 0.6) is 0 Å². The molecule has 0 aromatic rings. The van der Waals surface area contributed by atoms with Gasteiger partial charge in [-0.1, -0.05) is 13.8 Å². The fraction of sp³-hybridized carbons (Fsp3) is 1.00. The van der Waals surface area contributed by atoms with Gasteiger partial charge in [-0.3, -0.25) is 4.90 Å². The third-order valence-corrected chi connectivity index (χ3v) is 2.88. The van der Waals surface area contributed by atoms with Crippen molar-refractivity contribution in [2.24, 2.45) is 0 Å². The van der Waals surface area contributed by atoms with E-state index in [-0.39, 0.29) is 0 Å². The Morgan fingerprint density at radius 2 is 1.77 bits per heavy atom. The SMILES string of the molecule is CCC(OC)N1CCN(CC)CC1. The minimum atomic E-state index is 0.332. The number of hydrogen-bond acceptors (Lipinski definition) is 3. The minimum absolute atomic E-state index is 0.332. The highest BCUT2D eigenvalue weighted by Gasteiger charge is 2.21. The minimum Gasteiger partial charge on any atom is -0.366 e. The molecular weight excluding hydrogens is 164 g/mol. The van der Waals surface area contributed by atoms with Gasteiger partial charge in [0.2, 0.25) is 0 Å². The van der Waals surface area contributed by atoms with Crippen molar-refractivity contribution in [3.8, 4) is 0 Å². The van der Waals surface area contributed by atoms with Crippen molar-refractivity contribution in [3.63, 3.8) is 0 Å². The number of piperazine rings is 1. The number of methoxy groups -OCH3 is 1. The fourth-order valence-electron chi connectivity index (χ4n) is 1.94. The predicted octanol–water partition coefficient (Wildman–Crippen LogP) is 1.01. The molecule has 78 valence electrons. The summed E-state index contributed by atoms with van der Waals surface area (Å²) in [5, 5.41) is 0. The summed E-state index contributed by atoms with van der Waals surface area (Å²) in [6.45, 7) is 10.3. The van der Waals surface area contributed by atoms with E-state index in [1.165, 1.54) is 19.6 Å². The van der Waals surface area contributed by atoms with Crippen LogP contribution < -0.4 is 0 Å². The van der Waals surface area contributed by atoms with Crippen molar-refractivity contribution in [1.29, 1.82) is 0 Å². The molecule has 0 aromatic carbocycles. The van der Waals surface area contributed by atoms with Crippen LogP contribution >= 0.6 is 0 Å². The lowest BCUT2D eigenvalue weighted by atomic mass is 10.2. The van der Waals surface area contributed by atoms with Gasteiger partial charge in [-0.2, -0.15) is 0 Å². The lowest BCUT2D eigenvalue weighted by Crippen LogP contribution is -2.50. The number of likely N-dealkylation sites (N-methyl/N-ethyl adjacent to an activating group) is 1.